The zero-order chi connectivity index (χ0) is 14.8. The van der Waals surface area contributed by atoms with Crippen molar-refractivity contribution in [2.24, 2.45) is 0 Å². The number of benzene rings is 1. The van der Waals surface area contributed by atoms with Crippen LogP contribution < -0.4 is 5.32 Å². The van der Waals surface area contributed by atoms with Crippen molar-refractivity contribution < 1.29 is 4.42 Å². The monoisotopic (exact) mass is 296 g/mol. The summed E-state index contributed by atoms with van der Waals surface area (Å²) in [6.45, 7) is 2.03. The number of furan rings is 1. The summed E-state index contributed by atoms with van der Waals surface area (Å²) in [5.41, 5.74) is 2.64. The molecule has 1 aromatic heterocycles. The average molecular weight is 296 g/mol. The first-order valence-electron chi connectivity index (χ1n) is 8.52. The van der Waals surface area contributed by atoms with E-state index in [1.165, 1.54) is 44.2 Å². The summed E-state index contributed by atoms with van der Waals surface area (Å²) in [5, 5.41) is 3.41. The topological polar surface area (TPSA) is 28.4 Å². The number of piperidine rings is 1. The van der Waals surface area contributed by atoms with Crippen LogP contribution in [0.5, 0.6) is 0 Å². The van der Waals surface area contributed by atoms with E-state index in [4.69, 9.17) is 4.42 Å². The Labute approximate surface area is 132 Å². The van der Waals surface area contributed by atoms with Crippen LogP contribution in [0.1, 0.15) is 49.5 Å². The van der Waals surface area contributed by atoms with Gasteiger partial charge in [0.25, 0.3) is 0 Å². The second-order valence-electron chi connectivity index (χ2n) is 6.54. The molecule has 0 saturated carbocycles. The summed E-state index contributed by atoms with van der Waals surface area (Å²) in [7, 11) is 0. The Morgan fingerprint density at radius 2 is 1.95 bits per heavy atom. The molecule has 0 aliphatic carbocycles. The SMILES string of the molecule is c1coc(CNc2ccc(C3CCC4CCCCN43)cc2)c1. The summed E-state index contributed by atoms with van der Waals surface area (Å²) in [4.78, 5) is 2.74. The Balaban J connectivity index is 1.41. The minimum absolute atomic E-state index is 0.643. The minimum atomic E-state index is 0.643. The molecule has 4 rings (SSSR count). The van der Waals surface area contributed by atoms with Crippen LogP contribution in [-0.4, -0.2) is 17.5 Å². The maximum absolute atomic E-state index is 5.35. The highest BCUT2D eigenvalue weighted by Gasteiger charge is 2.35. The van der Waals surface area contributed by atoms with Gasteiger partial charge < -0.3 is 9.73 Å². The fourth-order valence-corrected chi connectivity index (χ4v) is 4.04. The summed E-state index contributed by atoms with van der Waals surface area (Å²) in [6, 6.07) is 14.4. The molecule has 3 heterocycles. The molecule has 2 atom stereocenters. The van der Waals surface area contributed by atoms with Crippen LogP contribution in [0.25, 0.3) is 0 Å². The molecule has 2 fully saturated rings. The van der Waals surface area contributed by atoms with Gasteiger partial charge in [0.2, 0.25) is 0 Å². The highest BCUT2D eigenvalue weighted by molar-refractivity contribution is 5.45. The Bertz CT molecular complexity index is 590. The summed E-state index contributed by atoms with van der Waals surface area (Å²) in [6.07, 6.45) is 8.61. The predicted octanol–water partition coefficient (Wildman–Crippen LogP) is 4.58. The number of nitrogens with one attached hydrogen (secondary N) is 1. The molecule has 1 aromatic carbocycles. The highest BCUT2D eigenvalue weighted by atomic mass is 16.3. The van der Waals surface area contributed by atoms with Crippen LogP contribution in [0.4, 0.5) is 5.69 Å². The van der Waals surface area contributed by atoms with Crippen molar-refractivity contribution in [2.75, 3.05) is 11.9 Å². The van der Waals surface area contributed by atoms with E-state index in [2.05, 4.69) is 34.5 Å². The zero-order valence-corrected chi connectivity index (χ0v) is 13.0. The molecule has 116 valence electrons. The summed E-state index contributed by atoms with van der Waals surface area (Å²) >= 11 is 0. The molecule has 0 spiro atoms. The zero-order valence-electron chi connectivity index (χ0n) is 13.0. The van der Waals surface area contributed by atoms with Crippen LogP contribution in [0, 0.1) is 0 Å². The molecule has 3 heteroatoms. The second-order valence-corrected chi connectivity index (χ2v) is 6.54. The van der Waals surface area contributed by atoms with E-state index in [0.717, 1.165) is 24.0 Å². The number of anilines is 1. The molecule has 2 unspecified atom stereocenters. The maximum atomic E-state index is 5.35. The van der Waals surface area contributed by atoms with Crippen molar-refractivity contribution in [2.45, 2.75) is 50.7 Å². The third-order valence-electron chi connectivity index (χ3n) is 5.19. The lowest BCUT2D eigenvalue weighted by Crippen LogP contribution is -2.35. The number of nitrogens with zero attached hydrogens (tertiary/aromatic N) is 1. The van der Waals surface area contributed by atoms with Gasteiger partial charge in [-0.15, -0.1) is 0 Å². The molecular weight excluding hydrogens is 272 g/mol. The predicted molar refractivity (Wildman–Crippen MR) is 88.8 cm³/mol. The third kappa shape index (κ3) is 2.78. The first-order valence-corrected chi connectivity index (χ1v) is 8.52. The molecule has 2 aromatic rings. The van der Waals surface area contributed by atoms with Crippen molar-refractivity contribution in [1.29, 1.82) is 0 Å². The Morgan fingerprint density at radius 1 is 1.05 bits per heavy atom. The molecule has 2 aliphatic heterocycles. The Hall–Kier alpha value is -1.74. The van der Waals surface area contributed by atoms with E-state index in [9.17, 15) is 0 Å². The van der Waals surface area contributed by atoms with Gasteiger partial charge in [-0.25, -0.2) is 0 Å². The van der Waals surface area contributed by atoms with Gasteiger partial charge in [0.05, 0.1) is 12.8 Å². The molecule has 2 aliphatic rings. The summed E-state index contributed by atoms with van der Waals surface area (Å²) in [5.74, 6) is 0.969. The molecular formula is C19H24N2O. The van der Waals surface area contributed by atoms with E-state index in [1.54, 1.807) is 6.26 Å². The lowest BCUT2D eigenvalue weighted by atomic mass is 10.0. The van der Waals surface area contributed by atoms with Gasteiger partial charge in [-0.3, -0.25) is 4.90 Å². The molecule has 0 radical (unpaired) electrons. The number of hydrogen-bond donors (Lipinski definition) is 1. The van der Waals surface area contributed by atoms with Gasteiger partial charge >= 0.3 is 0 Å². The lowest BCUT2D eigenvalue weighted by molar-refractivity contribution is 0.150. The summed E-state index contributed by atoms with van der Waals surface area (Å²) < 4.78 is 5.35. The van der Waals surface area contributed by atoms with Crippen LogP contribution in [0.3, 0.4) is 0 Å². The number of hydrogen-bond acceptors (Lipinski definition) is 3. The molecule has 3 nitrogen and oxygen atoms in total. The first kappa shape index (κ1) is 13.9. The second kappa shape index (κ2) is 6.17. The standard InChI is InChI=1S/C19H24N2O/c1-2-12-21-17(4-1)10-11-19(21)15-6-8-16(9-7-15)20-14-18-5-3-13-22-18/h3,5-9,13,17,19-20H,1-2,4,10-12,14H2. The van der Waals surface area contributed by atoms with Gasteiger partial charge in [-0.1, -0.05) is 18.6 Å². The molecule has 2 saturated heterocycles. The van der Waals surface area contributed by atoms with Crippen LogP contribution in [0.15, 0.2) is 47.1 Å². The highest BCUT2D eigenvalue weighted by Crippen LogP contribution is 2.40. The fourth-order valence-electron chi connectivity index (χ4n) is 4.04. The average Bonchev–Trinajstić information content (AvgIpc) is 3.23. The van der Waals surface area contributed by atoms with Crippen molar-refractivity contribution in [3.05, 3.63) is 54.0 Å². The van der Waals surface area contributed by atoms with E-state index >= 15 is 0 Å². The fraction of sp³-hybridized carbons (Fsp3) is 0.474. The lowest BCUT2D eigenvalue weighted by Gasteiger charge is -2.34. The molecule has 1 N–H and O–H groups in total. The molecule has 0 bridgehead atoms. The largest absolute Gasteiger partial charge is 0.467 e. The van der Waals surface area contributed by atoms with E-state index in [-0.39, 0.29) is 0 Å². The maximum Gasteiger partial charge on any atom is 0.122 e. The third-order valence-corrected chi connectivity index (χ3v) is 5.19. The van der Waals surface area contributed by atoms with Crippen LogP contribution >= 0.6 is 0 Å². The van der Waals surface area contributed by atoms with Crippen molar-refractivity contribution in [3.8, 4) is 0 Å². The van der Waals surface area contributed by atoms with E-state index < -0.39 is 0 Å². The van der Waals surface area contributed by atoms with Gasteiger partial charge in [0.15, 0.2) is 0 Å². The van der Waals surface area contributed by atoms with Crippen molar-refractivity contribution in [3.63, 3.8) is 0 Å². The van der Waals surface area contributed by atoms with Crippen LogP contribution in [0.2, 0.25) is 0 Å². The van der Waals surface area contributed by atoms with Gasteiger partial charge in [-0.05, 0) is 62.1 Å². The van der Waals surface area contributed by atoms with E-state index in [0.29, 0.717) is 6.04 Å². The smallest absolute Gasteiger partial charge is 0.122 e. The van der Waals surface area contributed by atoms with Gasteiger partial charge in [-0.2, -0.15) is 0 Å². The number of rotatable bonds is 4. The van der Waals surface area contributed by atoms with Crippen molar-refractivity contribution in [1.82, 2.24) is 4.90 Å². The van der Waals surface area contributed by atoms with Crippen molar-refractivity contribution >= 4 is 5.69 Å². The first-order chi connectivity index (χ1) is 10.9. The Morgan fingerprint density at radius 3 is 2.77 bits per heavy atom. The van der Waals surface area contributed by atoms with E-state index in [1.807, 2.05) is 12.1 Å². The quantitative estimate of drug-likeness (QED) is 0.895. The number of fused-ring (bicyclic) bond motifs is 1. The van der Waals surface area contributed by atoms with Crippen LogP contribution in [-0.2, 0) is 6.54 Å². The molecule has 0 amide bonds. The van der Waals surface area contributed by atoms with Gasteiger partial charge in [0, 0.05) is 17.8 Å². The minimum Gasteiger partial charge on any atom is -0.467 e. The Kier molecular flexibility index (Phi) is 3.90. The molecule has 22 heavy (non-hydrogen) atoms. The normalized spacial score (nSPS) is 25.1. The van der Waals surface area contributed by atoms with Gasteiger partial charge in [0.1, 0.15) is 5.76 Å².